The van der Waals surface area contributed by atoms with Crippen LogP contribution in [0.2, 0.25) is 0 Å². The first kappa shape index (κ1) is 20.2. The molecular formula is C21H25N3O3S. The number of esters is 1. The molecular weight excluding hydrogens is 374 g/mol. The molecule has 3 rings (SSSR count). The maximum Gasteiger partial charge on any atom is 0.338 e. The van der Waals surface area contributed by atoms with Crippen molar-refractivity contribution in [3.05, 3.63) is 57.8 Å². The molecule has 1 aromatic rings. The van der Waals surface area contributed by atoms with Crippen LogP contribution in [0, 0.1) is 6.92 Å². The van der Waals surface area contributed by atoms with Gasteiger partial charge in [-0.3, -0.25) is 4.79 Å². The number of nitrogens with zero attached hydrogens (tertiary/aromatic N) is 2. The lowest BCUT2D eigenvalue weighted by Crippen LogP contribution is -2.38. The number of ether oxygens (including phenoxy) is 1. The molecule has 0 aromatic heterocycles. The Hall–Kier alpha value is -2.54. The Kier molecular flexibility index (Phi) is 6.24. The standard InChI is InChI=1S/C21H25N3O3S/c1-5-22-17(25)11-16-12-28-21-23-14(4)18(20(26)27-6-2)19(24(16)21)15-9-7-8-13(3)10-15/h7-10,12,19H,5-6,11H2,1-4H3,(H,22,25). The van der Waals surface area contributed by atoms with E-state index in [2.05, 4.69) is 16.4 Å². The van der Waals surface area contributed by atoms with Crippen LogP contribution >= 0.6 is 11.8 Å². The van der Waals surface area contributed by atoms with Crippen LogP contribution < -0.4 is 5.32 Å². The molecule has 2 heterocycles. The molecule has 1 aromatic carbocycles. The minimum absolute atomic E-state index is 0.0532. The summed E-state index contributed by atoms with van der Waals surface area (Å²) in [6, 6.07) is 7.69. The van der Waals surface area contributed by atoms with Crippen LogP contribution in [0.5, 0.6) is 0 Å². The molecule has 0 radical (unpaired) electrons. The minimum Gasteiger partial charge on any atom is -0.463 e. The van der Waals surface area contributed by atoms with Crippen molar-refractivity contribution in [3.8, 4) is 0 Å². The number of carbonyl (C=O) groups is 2. The Balaban J connectivity index is 2.06. The van der Waals surface area contributed by atoms with Gasteiger partial charge in [0.15, 0.2) is 5.17 Å². The highest BCUT2D eigenvalue weighted by molar-refractivity contribution is 8.16. The molecule has 6 nitrogen and oxygen atoms in total. The molecule has 1 atom stereocenters. The molecule has 1 N–H and O–H groups in total. The normalized spacial score (nSPS) is 18.4. The van der Waals surface area contributed by atoms with E-state index >= 15 is 0 Å². The number of thioether (sulfide) groups is 1. The number of allylic oxidation sites excluding steroid dienone is 1. The number of nitrogens with one attached hydrogen (secondary N) is 1. The highest BCUT2D eigenvalue weighted by Crippen LogP contribution is 2.44. The topological polar surface area (TPSA) is 71.0 Å². The monoisotopic (exact) mass is 399 g/mol. The number of rotatable bonds is 6. The Bertz CT molecular complexity index is 889. The zero-order valence-electron chi connectivity index (χ0n) is 16.6. The first-order valence-electron chi connectivity index (χ1n) is 9.41. The molecule has 0 bridgehead atoms. The number of benzene rings is 1. The lowest BCUT2D eigenvalue weighted by molar-refractivity contribution is -0.139. The Morgan fingerprint density at radius 1 is 1.29 bits per heavy atom. The third kappa shape index (κ3) is 3.99. The van der Waals surface area contributed by atoms with Crippen LogP contribution in [0.3, 0.4) is 0 Å². The third-order valence-electron chi connectivity index (χ3n) is 4.57. The number of carbonyl (C=O) groups excluding carboxylic acids is 2. The summed E-state index contributed by atoms with van der Waals surface area (Å²) in [5.41, 5.74) is 4.06. The van der Waals surface area contributed by atoms with Gasteiger partial charge in [-0.05, 0) is 38.7 Å². The Labute approximate surface area is 169 Å². The predicted molar refractivity (Wildman–Crippen MR) is 112 cm³/mol. The molecule has 2 aliphatic heterocycles. The van der Waals surface area contributed by atoms with Crippen LogP contribution in [0.1, 0.15) is 44.4 Å². The predicted octanol–water partition coefficient (Wildman–Crippen LogP) is 3.66. The van der Waals surface area contributed by atoms with Crippen molar-refractivity contribution in [1.82, 2.24) is 10.2 Å². The Morgan fingerprint density at radius 2 is 2.07 bits per heavy atom. The van der Waals surface area contributed by atoms with Crippen molar-refractivity contribution in [1.29, 1.82) is 0 Å². The van der Waals surface area contributed by atoms with Crippen LogP contribution in [0.25, 0.3) is 0 Å². The van der Waals surface area contributed by atoms with Gasteiger partial charge in [-0.2, -0.15) is 0 Å². The second-order valence-electron chi connectivity index (χ2n) is 6.66. The lowest BCUT2D eigenvalue weighted by Gasteiger charge is -2.36. The van der Waals surface area contributed by atoms with E-state index in [1.807, 2.05) is 49.3 Å². The summed E-state index contributed by atoms with van der Waals surface area (Å²) in [6.45, 7) is 8.41. The second-order valence-corrected chi connectivity index (χ2v) is 7.49. The highest BCUT2D eigenvalue weighted by Gasteiger charge is 2.41. The van der Waals surface area contributed by atoms with Gasteiger partial charge >= 0.3 is 5.97 Å². The molecule has 28 heavy (non-hydrogen) atoms. The van der Waals surface area contributed by atoms with Gasteiger partial charge in [0.1, 0.15) is 0 Å². The average molecular weight is 400 g/mol. The first-order valence-corrected chi connectivity index (χ1v) is 10.3. The number of hydrogen-bond acceptors (Lipinski definition) is 6. The second kappa shape index (κ2) is 8.65. The van der Waals surface area contributed by atoms with E-state index < -0.39 is 0 Å². The smallest absolute Gasteiger partial charge is 0.338 e. The van der Waals surface area contributed by atoms with Gasteiger partial charge in [0, 0.05) is 12.2 Å². The van der Waals surface area contributed by atoms with Crippen LogP contribution in [0.15, 0.2) is 51.6 Å². The third-order valence-corrected chi connectivity index (χ3v) is 5.46. The van der Waals surface area contributed by atoms with Crippen molar-refractivity contribution in [2.75, 3.05) is 13.2 Å². The van der Waals surface area contributed by atoms with E-state index in [-0.39, 0.29) is 24.3 Å². The van der Waals surface area contributed by atoms with E-state index in [0.29, 0.717) is 24.4 Å². The van der Waals surface area contributed by atoms with Gasteiger partial charge in [-0.1, -0.05) is 41.6 Å². The maximum atomic E-state index is 12.8. The van der Waals surface area contributed by atoms with E-state index in [9.17, 15) is 9.59 Å². The number of amidine groups is 1. The number of fused-ring (bicyclic) bond motifs is 1. The van der Waals surface area contributed by atoms with Gasteiger partial charge in [-0.25, -0.2) is 9.79 Å². The fraction of sp³-hybridized carbons (Fsp3) is 0.381. The number of aryl methyl sites for hydroxylation is 1. The van der Waals surface area contributed by atoms with E-state index in [0.717, 1.165) is 22.0 Å². The van der Waals surface area contributed by atoms with Gasteiger partial charge < -0.3 is 15.0 Å². The number of hydrogen-bond donors (Lipinski definition) is 1. The Morgan fingerprint density at radius 3 is 2.75 bits per heavy atom. The number of aliphatic imine (C=N–C) groups is 1. The molecule has 148 valence electrons. The summed E-state index contributed by atoms with van der Waals surface area (Å²) < 4.78 is 5.34. The van der Waals surface area contributed by atoms with Gasteiger partial charge in [0.25, 0.3) is 0 Å². The van der Waals surface area contributed by atoms with Crippen molar-refractivity contribution in [2.45, 2.75) is 40.2 Å². The maximum absolute atomic E-state index is 12.8. The van der Waals surface area contributed by atoms with E-state index in [1.165, 1.54) is 11.8 Å². The van der Waals surface area contributed by atoms with Gasteiger partial charge in [-0.15, -0.1) is 0 Å². The zero-order chi connectivity index (χ0) is 20.3. The van der Waals surface area contributed by atoms with Gasteiger partial charge in [0.05, 0.1) is 30.3 Å². The molecule has 1 amide bonds. The molecule has 0 saturated heterocycles. The van der Waals surface area contributed by atoms with Crippen LogP contribution in [-0.2, 0) is 14.3 Å². The van der Waals surface area contributed by atoms with E-state index in [4.69, 9.17) is 4.74 Å². The summed E-state index contributed by atoms with van der Waals surface area (Å²) in [4.78, 5) is 31.7. The molecule has 0 saturated carbocycles. The molecule has 2 aliphatic rings. The zero-order valence-corrected chi connectivity index (χ0v) is 17.4. The largest absolute Gasteiger partial charge is 0.463 e. The lowest BCUT2D eigenvalue weighted by atomic mass is 9.93. The first-order chi connectivity index (χ1) is 13.5. The summed E-state index contributed by atoms with van der Waals surface area (Å²) in [5.74, 6) is -0.425. The molecule has 0 spiro atoms. The fourth-order valence-electron chi connectivity index (χ4n) is 3.42. The number of amides is 1. The molecule has 0 aliphatic carbocycles. The SMILES string of the molecule is CCNC(=O)CC1=CSC2=NC(C)=C(C(=O)OCC)C(c3cccc(C)c3)N12. The highest BCUT2D eigenvalue weighted by atomic mass is 32.2. The van der Waals surface area contributed by atoms with E-state index in [1.54, 1.807) is 6.92 Å². The van der Waals surface area contributed by atoms with Crippen molar-refractivity contribution < 1.29 is 14.3 Å². The minimum atomic E-state index is -0.373. The molecule has 1 unspecified atom stereocenters. The van der Waals surface area contributed by atoms with Crippen molar-refractivity contribution in [2.24, 2.45) is 4.99 Å². The summed E-state index contributed by atoms with van der Waals surface area (Å²) >= 11 is 1.48. The average Bonchev–Trinajstić information content (AvgIpc) is 3.03. The van der Waals surface area contributed by atoms with Gasteiger partial charge in [0.2, 0.25) is 5.91 Å². The van der Waals surface area contributed by atoms with Crippen LogP contribution in [-0.4, -0.2) is 35.1 Å². The molecule has 7 heteroatoms. The van der Waals surface area contributed by atoms with Crippen molar-refractivity contribution >= 4 is 28.8 Å². The summed E-state index contributed by atoms with van der Waals surface area (Å²) in [7, 11) is 0. The van der Waals surface area contributed by atoms with Crippen molar-refractivity contribution in [3.63, 3.8) is 0 Å². The summed E-state index contributed by atoms with van der Waals surface area (Å²) in [6.07, 6.45) is 0.233. The fourth-order valence-corrected chi connectivity index (χ4v) is 4.38. The quantitative estimate of drug-likeness (QED) is 0.739. The molecule has 0 fully saturated rings. The van der Waals surface area contributed by atoms with Crippen LogP contribution in [0.4, 0.5) is 0 Å². The summed E-state index contributed by atoms with van der Waals surface area (Å²) in [5, 5.41) is 5.55.